The van der Waals surface area contributed by atoms with E-state index < -0.39 is 0 Å². The van der Waals surface area contributed by atoms with Crippen LogP contribution in [0.2, 0.25) is 0 Å². The molecule has 1 unspecified atom stereocenters. The summed E-state index contributed by atoms with van der Waals surface area (Å²) in [4.78, 5) is 0. The Morgan fingerprint density at radius 3 is 2.58 bits per heavy atom. The molecular formula is C16H26N2O. The summed E-state index contributed by atoms with van der Waals surface area (Å²) in [5.74, 6) is 0.887. The van der Waals surface area contributed by atoms with Gasteiger partial charge in [-0.3, -0.25) is 0 Å². The topological polar surface area (TPSA) is 47.3 Å². The fraction of sp³-hybridized carbons (Fsp3) is 0.625. The van der Waals surface area contributed by atoms with Gasteiger partial charge in [-0.05, 0) is 36.0 Å². The molecule has 3 heteroatoms. The van der Waals surface area contributed by atoms with E-state index in [-0.39, 0.29) is 11.5 Å². The second-order valence-electron chi connectivity index (χ2n) is 6.50. The highest BCUT2D eigenvalue weighted by atomic mass is 16.5. The third-order valence-corrected chi connectivity index (χ3v) is 3.70. The number of ether oxygens (including phenoxy) is 1. The van der Waals surface area contributed by atoms with E-state index in [1.165, 1.54) is 18.4 Å². The van der Waals surface area contributed by atoms with Gasteiger partial charge in [-0.2, -0.15) is 0 Å². The van der Waals surface area contributed by atoms with Gasteiger partial charge in [0.2, 0.25) is 0 Å². The van der Waals surface area contributed by atoms with Crippen molar-refractivity contribution in [1.82, 2.24) is 5.32 Å². The predicted octanol–water partition coefficient (Wildman–Crippen LogP) is 2.74. The molecule has 0 aromatic heterocycles. The number of hydrogen-bond donors (Lipinski definition) is 2. The molecule has 1 aliphatic carbocycles. The van der Waals surface area contributed by atoms with Crippen molar-refractivity contribution in [2.45, 2.75) is 51.1 Å². The number of methoxy groups -OCH3 is 1. The largest absolute Gasteiger partial charge is 0.496 e. The van der Waals surface area contributed by atoms with E-state index in [0.29, 0.717) is 6.04 Å². The molecule has 1 fully saturated rings. The maximum atomic E-state index is 6.32. The highest BCUT2D eigenvalue weighted by Gasteiger charge is 2.23. The van der Waals surface area contributed by atoms with E-state index in [1.54, 1.807) is 7.11 Å². The van der Waals surface area contributed by atoms with Gasteiger partial charge in [0.15, 0.2) is 0 Å². The maximum Gasteiger partial charge on any atom is 0.123 e. The Bertz CT molecular complexity index is 433. The number of benzene rings is 1. The first-order valence-electron chi connectivity index (χ1n) is 7.09. The average Bonchev–Trinajstić information content (AvgIpc) is 3.18. The van der Waals surface area contributed by atoms with Gasteiger partial charge < -0.3 is 15.8 Å². The van der Waals surface area contributed by atoms with E-state index in [1.807, 2.05) is 6.07 Å². The monoisotopic (exact) mass is 262 g/mol. The van der Waals surface area contributed by atoms with Gasteiger partial charge in [-0.25, -0.2) is 0 Å². The third-order valence-electron chi connectivity index (χ3n) is 3.70. The molecule has 0 spiro atoms. The summed E-state index contributed by atoms with van der Waals surface area (Å²) >= 11 is 0. The minimum atomic E-state index is -0.0159. The van der Waals surface area contributed by atoms with Crippen LogP contribution in [0.3, 0.4) is 0 Å². The Balaban J connectivity index is 2.19. The van der Waals surface area contributed by atoms with E-state index in [2.05, 4.69) is 38.2 Å². The molecule has 0 radical (unpaired) electrons. The minimum absolute atomic E-state index is 0.0159. The van der Waals surface area contributed by atoms with Crippen molar-refractivity contribution in [3.8, 4) is 5.75 Å². The van der Waals surface area contributed by atoms with E-state index in [9.17, 15) is 0 Å². The molecule has 0 aliphatic heterocycles. The van der Waals surface area contributed by atoms with Crippen molar-refractivity contribution in [2.75, 3.05) is 13.7 Å². The molecule has 3 nitrogen and oxygen atoms in total. The summed E-state index contributed by atoms with van der Waals surface area (Å²) in [5.41, 5.74) is 8.84. The van der Waals surface area contributed by atoms with Gasteiger partial charge >= 0.3 is 0 Å². The third kappa shape index (κ3) is 3.71. The molecule has 1 aromatic carbocycles. The van der Waals surface area contributed by atoms with Crippen LogP contribution in [0, 0.1) is 0 Å². The summed E-state index contributed by atoms with van der Waals surface area (Å²) in [6.45, 7) is 7.46. The van der Waals surface area contributed by atoms with Crippen LogP contribution in [0.25, 0.3) is 0 Å². The first-order valence-corrected chi connectivity index (χ1v) is 7.09. The standard InChI is InChI=1S/C16H26N2O/c1-16(2,3)11-5-8-15(19-4)13(9-11)14(17)10-18-12-6-7-12/h5,8-9,12,14,18H,6-7,10,17H2,1-4H3. The van der Waals surface area contributed by atoms with E-state index in [0.717, 1.165) is 17.9 Å². The normalized spacial score (nSPS) is 17.3. The molecule has 0 saturated heterocycles. The van der Waals surface area contributed by atoms with Crippen molar-refractivity contribution >= 4 is 0 Å². The summed E-state index contributed by atoms with van der Waals surface area (Å²) in [5, 5.41) is 3.48. The maximum absolute atomic E-state index is 6.32. The van der Waals surface area contributed by atoms with Gasteiger partial charge in [-0.1, -0.05) is 26.8 Å². The highest BCUT2D eigenvalue weighted by Crippen LogP contribution is 2.31. The van der Waals surface area contributed by atoms with Crippen LogP contribution in [0.4, 0.5) is 0 Å². The SMILES string of the molecule is COc1ccc(C(C)(C)C)cc1C(N)CNC1CC1. The highest BCUT2D eigenvalue weighted by molar-refractivity contribution is 5.41. The average molecular weight is 262 g/mol. The van der Waals surface area contributed by atoms with Crippen LogP contribution in [0.15, 0.2) is 18.2 Å². The second-order valence-corrected chi connectivity index (χ2v) is 6.50. The Morgan fingerprint density at radius 1 is 1.37 bits per heavy atom. The molecular weight excluding hydrogens is 236 g/mol. The van der Waals surface area contributed by atoms with Crippen molar-refractivity contribution in [2.24, 2.45) is 5.73 Å². The molecule has 19 heavy (non-hydrogen) atoms. The molecule has 106 valence electrons. The zero-order valence-electron chi connectivity index (χ0n) is 12.5. The Kier molecular flexibility index (Phi) is 4.16. The molecule has 1 aromatic rings. The number of nitrogens with one attached hydrogen (secondary N) is 1. The first-order chi connectivity index (χ1) is 8.91. The smallest absolute Gasteiger partial charge is 0.123 e. The first kappa shape index (κ1) is 14.4. The molecule has 1 aliphatic rings. The number of hydrogen-bond acceptors (Lipinski definition) is 3. The lowest BCUT2D eigenvalue weighted by Crippen LogP contribution is -2.29. The second kappa shape index (κ2) is 5.51. The van der Waals surface area contributed by atoms with Gasteiger partial charge in [0, 0.05) is 24.2 Å². The van der Waals surface area contributed by atoms with E-state index >= 15 is 0 Å². The van der Waals surface area contributed by atoms with Gasteiger partial charge in [0.05, 0.1) is 7.11 Å². The Labute approximate surface area is 116 Å². The molecule has 0 amide bonds. The lowest BCUT2D eigenvalue weighted by molar-refractivity contribution is 0.403. The van der Waals surface area contributed by atoms with Crippen molar-refractivity contribution in [3.05, 3.63) is 29.3 Å². The lowest BCUT2D eigenvalue weighted by Gasteiger charge is -2.23. The zero-order valence-corrected chi connectivity index (χ0v) is 12.5. The van der Waals surface area contributed by atoms with Crippen LogP contribution in [-0.4, -0.2) is 19.7 Å². The summed E-state index contributed by atoms with van der Waals surface area (Å²) in [6.07, 6.45) is 2.57. The molecule has 3 N–H and O–H groups in total. The van der Waals surface area contributed by atoms with Crippen molar-refractivity contribution in [1.29, 1.82) is 0 Å². The Hall–Kier alpha value is -1.06. The molecule has 1 atom stereocenters. The lowest BCUT2D eigenvalue weighted by atomic mass is 9.85. The van der Waals surface area contributed by atoms with Crippen molar-refractivity contribution < 1.29 is 4.74 Å². The molecule has 0 bridgehead atoms. The summed E-state index contributed by atoms with van der Waals surface area (Å²) < 4.78 is 5.45. The molecule has 2 rings (SSSR count). The summed E-state index contributed by atoms with van der Waals surface area (Å²) in [7, 11) is 1.70. The van der Waals surface area contributed by atoms with Crippen molar-refractivity contribution in [3.63, 3.8) is 0 Å². The van der Waals surface area contributed by atoms with Gasteiger partial charge in [0.1, 0.15) is 5.75 Å². The van der Waals surface area contributed by atoms with Crippen LogP contribution < -0.4 is 15.8 Å². The van der Waals surface area contributed by atoms with E-state index in [4.69, 9.17) is 10.5 Å². The summed E-state index contributed by atoms with van der Waals surface area (Å²) in [6, 6.07) is 7.02. The molecule has 1 saturated carbocycles. The predicted molar refractivity (Wildman–Crippen MR) is 79.6 cm³/mol. The zero-order chi connectivity index (χ0) is 14.0. The van der Waals surface area contributed by atoms with Crippen LogP contribution in [0.5, 0.6) is 5.75 Å². The van der Waals surface area contributed by atoms with Crippen LogP contribution in [-0.2, 0) is 5.41 Å². The fourth-order valence-electron chi connectivity index (χ4n) is 2.18. The van der Waals surface area contributed by atoms with Gasteiger partial charge in [-0.15, -0.1) is 0 Å². The van der Waals surface area contributed by atoms with Gasteiger partial charge in [0.25, 0.3) is 0 Å². The number of nitrogens with two attached hydrogens (primary N) is 1. The molecule has 0 heterocycles. The minimum Gasteiger partial charge on any atom is -0.496 e. The Morgan fingerprint density at radius 2 is 2.05 bits per heavy atom. The quantitative estimate of drug-likeness (QED) is 0.857. The fourth-order valence-corrected chi connectivity index (χ4v) is 2.18. The van der Waals surface area contributed by atoms with Crippen LogP contribution in [0.1, 0.15) is 50.8 Å². The number of rotatable bonds is 5. The van der Waals surface area contributed by atoms with Crippen LogP contribution >= 0.6 is 0 Å².